The molecule has 0 aromatic carbocycles. The van der Waals surface area contributed by atoms with E-state index in [0.717, 1.165) is 10.1 Å². The van der Waals surface area contributed by atoms with Crippen LogP contribution < -0.4 is 0 Å². The quantitative estimate of drug-likeness (QED) is 0.251. The first kappa shape index (κ1) is 23.7. The van der Waals surface area contributed by atoms with E-state index >= 15 is 0 Å². The number of hydrogen-bond donors (Lipinski definition) is 5. The van der Waals surface area contributed by atoms with E-state index in [2.05, 4.69) is 13.1 Å². The maximum atomic E-state index is 11.8. The molecule has 0 saturated carbocycles. The fourth-order valence-electron chi connectivity index (χ4n) is 2.47. The molecule has 3 rings (SSSR count). The smallest absolute Gasteiger partial charge is 0.490 e. The number of thiophene rings is 1. The molecule has 0 fully saturated rings. The van der Waals surface area contributed by atoms with E-state index in [-0.39, 0.29) is 17.9 Å². The van der Waals surface area contributed by atoms with Crippen molar-refractivity contribution in [3.8, 4) is 0 Å². The molecule has 0 radical (unpaired) electrons. The molecular weight excluding hydrogens is 507 g/mol. The molecule has 0 saturated heterocycles. The first-order valence-electron chi connectivity index (χ1n) is 7.71. The molecule has 2 aromatic rings. The summed E-state index contributed by atoms with van der Waals surface area (Å²) in [5, 5.41) is 12.9. The summed E-state index contributed by atoms with van der Waals surface area (Å²) in [6.07, 6.45) is 0.837. The second-order valence-corrected chi connectivity index (χ2v) is 11.5. The van der Waals surface area contributed by atoms with Crippen LogP contribution in [0.2, 0.25) is 0 Å². The standard InChI is InChI=1S/C12H14NO12P3S2/c14-8-5-10(13-3-1-7-2-4-30-11(7)12(13)29)23-9(8)6-22-27(18,19)25-28(20,21)24-26(15,16)17/h1-4,10,14H,5-6H2,(H,18,19)(H,20,21)(H2,15,16,17)/t10-/m1/s1. The van der Waals surface area contributed by atoms with Crippen molar-refractivity contribution in [2.45, 2.75) is 12.6 Å². The number of aliphatic hydroxyl groups is 1. The summed E-state index contributed by atoms with van der Waals surface area (Å²) in [5.41, 5.74) is 0. The van der Waals surface area contributed by atoms with Gasteiger partial charge in [0.2, 0.25) is 0 Å². The van der Waals surface area contributed by atoms with Gasteiger partial charge in [0.15, 0.2) is 12.0 Å². The first-order valence-corrected chi connectivity index (χ1v) is 13.5. The van der Waals surface area contributed by atoms with Crippen molar-refractivity contribution >= 4 is 57.1 Å². The Hall–Kier alpha value is -0.920. The minimum atomic E-state index is -5.63. The maximum absolute atomic E-state index is 11.8. The van der Waals surface area contributed by atoms with E-state index in [1.807, 2.05) is 11.4 Å². The molecule has 18 heteroatoms. The molecule has 3 atom stereocenters. The van der Waals surface area contributed by atoms with Crippen LogP contribution in [0.3, 0.4) is 0 Å². The van der Waals surface area contributed by atoms with Crippen LogP contribution in [0.4, 0.5) is 0 Å². The molecular formula is C12H14NO12P3S2. The van der Waals surface area contributed by atoms with Crippen LogP contribution >= 0.6 is 47.0 Å². The van der Waals surface area contributed by atoms with Gasteiger partial charge in [0, 0.05) is 6.20 Å². The summed E-state index contributed by atoms with van der Waals surface area (Å²) < 4.78 is 53.7. The summed E-state index contributed by atoms with van der Waals surface area (Å²) in [6.45, 7) is -0.861. The Balaban J connectivity index is 1.66. The number of pyridine rings is 1. The number of fused-ring (bicyclic) bond motifs is 1. The van der Waals surface area contributed by atoms with Gasteiger partial charge in [0.05, 0.1) is 11.1 Å². The number of phosphoric ester groups is 1. The second-order valence-electron chi connectivity index (χ2n) is 5.74. The number of phosphoric acid groups is 3. The van der Waals surface area contributed by atoms with Crippen LogP contribution in [0.1, 0.15) is 12.6 Å². The monoisotopic (exact) mass is 521 g/mol. The molecule has 3 heterocycles. The number of nitrogens with zero attached hydrogens (tertiary/aromatic N) is 1. The van der Waals surface area contributed by atoms with Crippen molar-refractivity contribution in [2.24, 2.45) is 0 Å². The van der Waals surface area contributed by atoms with Gasteiger partial charge in [-0.05, 0) is 22.9 Å². The average molecular weight is 521 g/mol. The summed E-state index contributed by atoms with van der Waals surface area (Å²) >= 11 is 6.83. The van der Waals surface area contributed by atoms with Gasteiger partial charge in [-0.2, -0.15) is 8.62 Å². The van der Waals surface area contributed by atoms with E-state index in [0.29, 0.717) is 4.64 Å². The Kier molecular flexibility index (Phi) is 6.76. The van der Waals surface area contributed by atoms with Crippen LogP contribution in [0, 0.1) is 4.64 Å². The summed E-state index contributed by atoms with van der Waals surface area (Å²) in [7, 11) is -16.5. The van der Waals surface area contributed by atoms with Crippen molar-refractivity contribution in [1.29, 1.82) is 0 Å². The third kappa shape index (κ3) is 5.86. The molecule has 0 spiro atoms. The van der Waals surface area contributed by atoms with E-state index in [4.69, 9.17) is 31.6 Å². The van der Waals surface area contributed by atoms with Crippen molar-refractivity contribution in [2.75, 3.05) is 6.61 Å². The molecule has 5 N–H and O–H groups in total. The van der Waals surface area contributed by atoms with Crippen molar-refractivity contribution in [3.63, 3.8) is 0 Å². The number of hydrogen-bond acceptors (Lipinski definition) is 10. The Morgan fingerprint density at radius 1 is 1.17 bits per heavy atom. The van der Waals surface area contributed by atoms with Crippen molar-refractivity contribution < 1.29 is 56.3 Å². The zero-order valence-electron chi connectivity index (χ0n) is 14.5. The molecule has 166 valence electrons. The highest BCUT2D eigenvalue weighted by atomic mass is 32.1. The lowest BCUT2D eigenvalue weighted by molar-refractivity contribution is 0.0598. The number of ether oxygens (including phenoxy) is 1. The third-order valence-corrected chi connectivity index (χ3v) is 8.86. The summed E-state index contributed by atoms with van der Waals surface area (Å²) in [5.74, 6) is -0.596. The predicted octanol–water partition coefficient (Wildman–Crippen LogP) is 3.46. The highest BCUT2D eigenvalue weighted by Gasteiger charge is 2.41. The van der Waals surface area contributed by atoms with Crippen molar-refractivity contribution in [1.82, 2.24) is 4.57 Å². The minimum absolute atomic E-state index is 0.0414. The van der Waals surface area contributed by atoms with E-state index in [1.165, 1.54) is 11.3 Å². The Morgan fingerprint density at radius 3 is 2.53 bits per heavy atom. The topological polar surface area (TPSA) is 194 Å². The SMILES string of the molecule is O=P(O)(O)OP(=O)(O)OP(=O)(O)OCC1=C(O)C[C@H](n2ccc3ccsc3c2=S)O1. The Bertz CT molecular complexity index is 1200. The zero-order chi connectivity index (χ0) is 22.3. The summed E-state index contributed by atoms with van der Waals surface area (Å²) in [6, 6.07) is 3.69. The van der Waals surface area contributed by atoms with Crippen LogP contribution in [-0.4, -0.2) is 35.9 Å². The van der Waals surface area contributed by atoms with E-state index in [1.54, 1.807) is 16.8 Å². The molecule has 1 aliphatic heterocycles. The molecule has 2 unspecified atom stereocenters. The van der Waals surface area contributed by atoms with E-state index in [9.17, 15) is 23.7 Å². The van der Waals surface area contributed by atoms with Gasteiger partial charge in [-0.1, -0.05) is 12.2 Å². The molecule has 0 bridgehead atoms. The molecule has 13 nitrogen and oxygen atoms in total. The molecule has 30 heavy (non-hydrogen) atoms. The highest BCUT2D eigenvalue weighted by Crippen LogP contribution is 2.66. The molecule has 0 amide bonds. The second kappa shape index (κ2) is 8.55. The lowest BCUT2D eigenvalue weighted by atomic mass is 10.3. The van der Waals surface area contributed by atoms with Crippen LogP contribution in [0.5, 0.6) is 0 Å². The predicted molar refractivity (Wildman–Crippen MR) is 105 cm³/mol. The summed E-state index contributed by atoms with van der Waals surface area (Å²) in [4.78, 5) is 35.6. The first-order chi connectivity index (χ1) is 13.8. The maximum Gasteiger partial charge on any atom is 0.490 e. The van der Waals surface area contributed by atoms with Crippen LogP contribution in [0.15, 0.2) is 35.2 Å². The molecule has 0 aliphatic carbocycles. The molecule has 1 aliphatic rings. The lowest BCUT2D eigenvalue weighted by Gasteiger charge is -2.18. The highest BCUT2D eigenvalue weighted by molar-refractivity contribution is 7.71. The van der Waals surface area contributed by atoms with Crippen LogP contribution in [0.25, 0.3) is 10.1 Å². The van der Waals surface area contributed by atoms with Gasteiger partial charge >= 0.3 is 23.5 Å². The Labute approximate surface area is 177 Å². The lowest BCUT2D eigenvalue weighted by Crippen LogP contribution is -2.10. The zero-order valence-corrected chi connectivity index (χ0v) is 18.8. The number of aromatic nitrogens is 1. The van der Waals surface area contributed by atoms with Gasteiger partial charge in [-0.3, -0.25) is 4.52 Å². The van der Waals surface area contributed by atoms with Gasteiger partial charge < -0.3 is 34.0 Å². The van der Waals surface area contributed by atoms with E-state index < -0.39 is 36.3 Å². The van der Waals surface area contributed by atoms with Crippen LogP contribution in [-0.2, 0) is 31.6 Å². The third-order valence-electron chi connectivity index (χ3n) is 3.59. The normalized spacial score (nSPS) is 21.4. The fourth-order valence-corrected chi connectivity index (χ4v) is 6.71. The van der Waals surface area contributed by atoms with Crippen molar-refractivity contribution in [3.05, 3.63) is 39.9 Å². The molecule has 2 aromatic heterocycles. The van der Waals surface area contributed by atoms with Gasteiger partial charge in [-0.25, -0.2) is 13.7 Å². The van der Waals surface area contributed by atoms with Gasteiger partial charge in [-0.15, -0.1) is 11.3 Å². The minimum Gasteiger partial charge on any atom is -0.508 e. The number of rotatable bonds is 8. The van der Waals surface area contributed by atoms with Gasteiger partial charge in [0.25, 0.3) is 0 Å². The fraction of sp³-hybridized carbons (Fsp3) is 0.250. The Morgan fingerprint density at radius 2 is 1.87 bits per heavy atom. The average Bonchev–Trinajstić information content (AvgIpc) is 3.17. The van der Waals surface area contributed by atoms with Gasteiger partial charge in [0.1, 0.15) is 17.0 Å². The largest absolute Gasteiger partial charge is 0.508 e. The number of aliphatic hydroxyl groups excluding tert-OH is 1.